The molecule has 0 aliphatic carbocycles. The first kappa shape index (κ1) is 12.4. The number of pyridine rings is 1. The zero-order valence-corrected chi connectivity index (χ0v) is 10.7. The number of carbonyl (C=O) groups excluding carboxylic acids is 2. The summed E-state index contributed by atoms with van der Waals surface area (Å²) in [6.07, 6.45) is 3.25. The molecule has 2 aromatic rings. The number of aromatic nitrogens is 2. The number of Topliss-reactive ketones (excluding diaryl/α,β-unsaturated/α-hetero) is 1. The fourth-order valence-electron chi connectivity index (χ4n) is 1.41. The van der Waals surface area contributed by atoms with Crippen molar-refractivity contribution in [1.29, 1.82) is 0 Å². The lowest BCUT2D eigenvalue weighted by Gasteiger charge is -1.95. The average molecular weight is 262 g/mol. The van der Waals surface area contributed by atoms with Crippen LogP contribution in [-0.2, 0) is 4.74 Å². The predicted molar refractivity (Wildman–Crippen MR) is 66.7 cm³/mol. The van der Waals surface area contributed by atoms with E-state index >= 15 is 0 Å². The van der Waals surface area contributed by atoms with Gasteiger partial charge in [-0.3, -0.25) is 9.78 Å². The Kier molecular flexibility index (Phi) is 3.47. The number of methoxy groups -OCH3 is 1. The van der Waals surface area contributed by atoms with Gasteiger partial charge < -0.3 is 4.74 Å². The molecule has 6 heteroatoms. The van der Waals surface area contributed by atoms with E-state index in [1.54, 1.807) is 24.5 Å². The average Bonchev–Trinajstić information content (AvgIpc) is 2.84. The van der Waals surface area contributed by atoms with Gasteiger partial charge in [-0.25, -0.2) is 9.78 Å². The maximum Gasteiger partial charge on any atom is 0.358 e. The molecule has 2 rings (SSSR count). The number of rotatable bonds is 3. The highest BCUT2D eigenvalue weighted by Crippen LogP contribution is 2.28. The first-order chi connectivity index (χ1) is 8.63. The first-order valence-electron chi connectivity index (χ1n) is 5.14. The number of thiazole rings is 1. The van der Waals surface area contributed by atoms with Crippen LogP contribution in [0.4, 0.5) is 0 Å². The Morgan fingerprint density at radius 1 is 1.28 bits per heavy atom. The number of hydrogen-bond acceptors (Lipinski definition) is 6. The monoisotopic (exact) mass is 262 g/mol. The number of esters is 1. The summed E-state index contributed by atoms with van der Waals surface area (Å²) < 4.78 is 4.62. The SMILES string of the molecule is COC(=O)c1nc(-c2ccncc2)sc1C(C)=O. The minimum atomic E-state index is -0.600. The van der Waals surface area contributed by atoms with Crippen LogP contribution < -0.4 is 0 Å². The van der Waals surface area contributed by atoms with Gasteiger partial charge in [0, 0.05) is 24.9 Å². The Labute approximate surface area is 107 Å². The van der Waals surface area contributed by atoms with Crippen LogP contribution in [0.3, 0.4) is 0 Å². The number of hydrogen-bond donors (Lipinski definition) is 0. The van der Waals surface area contributed by atoms with Crippen molar-refractivity contribution >= 4 is 23.1 Å². The zero-order valence-electron chi connectivity index (χ0n) is 9.84. The second-order valence-corrected chi connectivity index (χ2v) is 4.48. The summed E-state index contributed by atoms with van der Waals surface area (Å²) in [5, 5.41) is 0.600. The van der Waals surface area contributed by atoms with Crippen molar-refractivity contribution in [2.45, 2.75) is 6.92 Å². The molecule has 0 atom stereocenters. The van der Waals surface area contributed by atoms with Crippen molar-refractivity contribution in [2.24, 2.45) is 0 Å². The molecule has 0 saturated carbocycles. The lowest BCUT2D eigenvalue weighted by atomic mass is 10.2. The van der Waals surface area contributed by atoms with Crippen LogP contribution >= 0.6 is 11.3 Å². The number of carbonyl (C=O) groups is 2. The van der Waals surface area contributed by atoms with E-state index in [0.29, 0.717) is 9.88 Å². The molecule has 2 aromatic heterocycles. The number of ketones is 1. The molecule has 0 radical (unpaired) electrons. The number of nitrogens with zero attached hydrogens (tertiary/aromatic N) is 2. The largest absolute Gasteiger partial charge is 0.464 e. The third kappa shape index (κ3) is 2.28. The van der Waals surface area contributed by atoms with Crippen molar-refractivity contribution < 1.29 is 14.3 Å². The zero-order chi connectivity index (χ0) is 13.1. The second kappa shape index (κ2) is 5.05. The van der Waals surface area contributed by atoms with Crippen LogP contribution in [0.2, 0.25) is 0 Å². The molecule has 0 unspecified atom stereocenters. The summed E-state index contributed by atoms with van der Waals surface area (Å²) in [5.74, 6) is -0.801. The molecule has 5 nitrogen and oxygen atoms in total. The molecular formula is C12H10N2O3S. The van der Waals surface area contributed by atoms with Crippen LogP contribution in [-0.4, -0.2) is 28.8 Å². The first-order valence-corrected chi connectivity index (χ1v) is 5.95. The normalized spacial score (nSPS) is 10.1. The lowest BCUT2D eigenvalue weighted by Crippen LogP contribution is -2.06. The van der Waals surface area contributed by atoms with E-state index < -0.39 is 5.97 Å². The van der Waals surface area contributed by atoms with Crippen molar-refractivity contribution in [1.82, 2.24) is 9.97 Å². The van der Waals surface area contributed by atoms with Gasteiger partial charge in [0.1, 0.15) is 9.88 Å². The fourth-order valence-corrected chi connectivity index (χ4v) is 2.37. The number of ether oxygens (including phenoxy) is 1. The van der Waals surface area contributed by atoms with E-state index in [0.717, 1.165) is 5.56 Å². The highest BCUT2D eigenvalue weighted by molar-refractivity contribution is 7.17. The van der Waals surface area contributed by atoms with E-state index in [2.05, 4.69) is 14.7 Å². The van der Waals surface area contributed by atoms with Gasteiger partial charge in [-0.05, 0) is 12.1 Å². The van der Waals surface area contributed by atoms with Crippen molar-refractivity contribution in [3.05, 3.63) is 35.1 Å². The summed E-state index contributed by atoms with van der Waals surface area (Å²) in [7, 11) is 1.26. The molecule has 0 N–H and O–H groups in total. The molecule has 18 heavy (non-hydrogen) atoms. The molecule has 0 aromatic carbocycles. The van der Waals surface area contributed by atoms with Gasteiger partial charge in [0.25, 0.3) is 0 Å². The minimum absolute atomic E-state index is 0.0711. The molecule has 0 fully saturated rings. The molecule has 0 spiro atoms. The summed E-state index contributed by atoms with van der Waals surface area (Å²) in [5.41, 5.74) is 0.884. The summed E-state index contributed by atoms with van der Waals surface area (Å²) in [6, 6.07) is 3.54. The quantitative estimate of drug-likeness (QED) is 0.626. The molecular weight excluding hydrogens is 252 g/mol. The summed E-state index contributed by atoms with van der Waals surface area (Å²) >= 11 is 1.18. The van der Waals surface area contributed by atoms with Gasteiger partial charge in [0.2, 0.25) is 0 Å². The van der Waals surface area contributed by atoms with E-state index in [9.17, 15) is 9.59 Å². The Hall–Kier alpha value is -2.08. The van der Waals surface area contributed by atoms with Crippen molar-refractivity contribution in [3.63, 3.8) is 0 Å². The van der Waals surface area contributed by atoms with Gasteiger partial charge in [-0.1, -0.05) is 0 Å². The van der Waals surface area contributed by atoms with E-state index in [1.165, 1.54) is 25.4 Å². The standard InChI is InChI=1S/C12H10N2O3S/c1-7(15)10-9(12(16)17-2)14-11(18-10)8-3-5-13-6-4-8/h3-6H,1-2H3. The molecule has 0 amide bonds. The molecule has 0 aliphatic rings. The predicted octanol–water partition coefficient (Wildman–Crippen LogP) is 2.19. The van der Waals surface area contributed by atoms with E-state index in [1.807, 2.05) is 0 Å². The van der Waals surface area contributed by atoms with E-state index in [-0.39, 0.29) is 11.5 Å². The molecule has 0 aliphatic heterocycles. The Morgan fingerprint density at radius 2 is 1.94 bits per heavy atom. The van der Waals surface area contributed by atoms with Gasteiger partial charge in [-0.15, -0.1) is 11.3 Å². The highest BCUT2D eigenvalue weighted by Gasteiger charge is 2.22. The van der Waals surface area contributed by atoms with Crippen molar-refractivity contribution in [3.8, 4) is 10.6 Å². The van der Waals surface area contributed by atoms with E-state index in [4.69, 9.17) is 0 Å². The van der Waals surface area contributed by atoms with Crippen LogP contribution in [0.1, 0.15) is 27.1 Å². The van der Waals surface area contributed by atoms with Crippen LogP contribution in [0, 0.1) is 0 Å². The minimum Gasteiger partial charge on any atom is -0.464 e. The highest BCUT2D eigenvalue weighted by atomic mass is 32.1. The summed E-state index contributed by atoms with van der Waals surface area (Å²) in [6.45, 7) is 1.40. The van der Waals surface area contributed by atoms with Gasteiger partial charge >= 0.3 is 5.97 Å². The molecule has 0 bridgehead atoms. The van der Waals surface area contributed by atoms with Crippen LogP contribution in [0.15, 0.2) is 24.5 Å². The van der Waals surface area contributed by atoms with Crippen molar-refractivity contribution in [2.75, 3.05) is 7.11 Å². The maximum absolute atomic E-state index is 11.5. The van der Waals surface area contributed by atoms with Crippen LogP contribution in [0.5, 0.6) is 0 Å². The van der Waals surface area contributed by atoms with Gasteiger partial charge in [0.15, 0.2) is 11.5 Å². The maximum atomic E-state index is 11.5. The van der Waals surface area contributed by atoms with Crippen LogP contribution in [0.25, 0.3) is 10.6 Å². The smallest absolute Gasteiger partial charge is 0.358 e. The third-order valence-corrected chi connectivity index (χ3v) is 3.46. The lowest BCUT2D eigenvalue weighted by molar-refractivity contribution is 0.0591. The molecule has 92 valence electrons. The topological polar surface area (TPSA) is 69.2 Å². The Morgan fingerprint density at radius 3 is 2.50 bits per heavy atom. The Bertz CT molecular complexity index is 593. The molecule has 2 heterocycles. The third-order valence-electron chi connectivity index (χ3n) is 2.25. The molecule has 0 saturated heterocycles. The van der Waals surface area contributed by atoms with Gasteiger partial charge in [-0.2, -0.15) is 0 Å². The Balaban J connectivity index is 2.53. The fraction of sp³-hybridized carbons (Fsp3) is 0.167. The van der Waals surface area contributed by atoms with Gasteiger partial charge in [0.05, 0.1) is 7.11 Å². The summed E-state index contributed by atoms with van der Waals surface area (Å²) in [4.78, 5) is 31.4. The second-order valence-electron chi connectivity index (χ2n) is 3.48.